The van der Waals surface area contributed by atoms with Crippen molar-refractivity contribution in [1.82, 2.24) is 0 Å². The second-order valence-electron chi connectivity index (χ2n) is 9.03. The predicted octanol–water partition coefficient (Wildman–Crippen LogP) is 4.31. The molecule has 0 bridgehead atoms. The van der Waals surface area contributed by atoms with Crippen molar-refractivity contribution in [1.29, 1.82) is 0 Å². The number of hydrogen-bond acceptors (Lipinski definition) is 3. The lowest BCUT2D eigenvalue weighted by atomic mass is 9.53. The predicted molar refractivity (Wildman–Crippen MR) is 97.9 cm³/mol. The lowest BCUT2D eigenvalue weighted by molar-refractivity contribution is 0.00156. The molecule has 0 saturated heterocycles. The van der Waals surface area contributed by atoms with Crippen molar-refractivity contribution < 1.29 is 15.0 Å². The van der Waals surface area contributed by atoms with Crippen LogP contribution >= 0.6 is 0 Å². The van der Waals surface area contributed by atoms with Crippen molar-refractivity contribution in [3.8, 4) is 5.75 Å². The molecule has 3 nitrogen and oxygen atoms in total. The summed E-state index contributed by atoms with van der Waals surface area (Å²) in [7, 11) is 0. The highest BCUT2D eigenvalue weighted by atomic mass is 16.3. The number of phenols is 1. The second-order valence-corrected chi connectivity index (χ2v) is 9.03. The Bertz CT molecular complexity index is 682. The molecule has 2 fully saturated rings. The summed E-state index contributed by atoms with van der Waals surface area (Å²) in [6.45, 7) is 4.98. The van der Waals surface area contributed by atoms with Crippen LogP contribution in [0, 0.1) is 29.1 Å². The average Bonchev–Trinajstić information content (AvgIpc) is 2.97. The number of carbonyl (C=O) groups excluding carboxylic acids is 1. The Morgan fingerprint density at radius 1 is 1.28 bits per heavy atom. The molecular formula is C22H30O3. The molecule has 0 amide bonds. The maximum absolute atomic E-state index is 11.3. The Hall–Kier alpha value is -1.35. The molecule has 0 spiro atoms. The van der Waals surface area contributed by atoms with Gasteiger partial charge in [-0.3, -0.25) is 4.79 Å². The third kappa shape index (κ3) is 2.46. The number of aliphatic hydroxyl groups is 1. The molecule has 2 saturated carbocycles. The van der Waals surface area contributed by atoms with Gasteiger partial charge in [-0.1, -0.05) is 13.8 Å². The molecule has 3 heteroatoms. The van der Waals surface area contributed by atoms with Crippen molar-refractivity contribution in [2.75, 3.05) is 6.61 Å². The van der Waals surface area contributed by atoms with Crippen LogP contribution in [0.5, 0.6) is 5.75 Å². The van der Waals surface area contributed by atoms with E-state index in [0.717, 1.165) is 18.6 Å². The second kappa shape index (κ2) is 6.12. The van der Waals surface area contributed by atoms with Crippen LogP contribution in [0.25, 0.3) is 0 Å². The Morgan fingerprint density at radius 3 is 2.80 bits per heavy atom. The highest BCUT2D eigenvalue weighted by Crippen LogP contribution is 2.64. The van der Waals surface area contributed by atoms with Gasteiger partial charge in [0.05, 0.1) is 5.56 Å². The van der Waals surface area contributed by atoms with E-state index in [2.05, 4.69) is 13.8 Å². The fourth-order valence-electron chi connectivity index (χ4n) is 6.82. The first-order valence-electron chi connectivity index (χ1n) is 9.91. The third-order valence-corrected chi connectivity index (χ3v) is 8.05. The number of phenolic OH excluding ortho intramolecular Hbond substituents is 1. The van der Waals surface area contributed by atoms with Gasteiger partial charge in [0.1, 0.15) is 5.75 Å². The van der Waals surface area contributed by atoms with Crippen LogP contribution in [-0.4, -0.2) is 23.1 Å². The summed E-state index contributed by atoms with van der Waals surface area (Å²) in [6, 6.07) is 3.79. The van der Waals surface area contributed by atoms with Crippen LogP contribution in [0.4, 0.5) is 0 Å². The molecule has 136 valence electrons. The summed E-state index contributed by atoms with van der Waals surface area (Å²) < 4.78 is 0. The van der Waals surface area contributed by atoms with Crippen LogP contribution in [0.1, 0.15) is 73.4 Å². The lowest BCUT2D eigenvalue weighted by Gasteiger charge is -2.52. The van der Waals surface area contributed by atoms with E-state index >= 15 is 0 Å². The molecule has 3 aliphatic carbocycles. The lowest BCUT2D eigenvalue weighted by Crippen LogP contribution is -2.44. The summed E-state index contributed by atoms with van der Waals surface area (Å²) in [5.41, 5.74) is 3.35. The van der Waals surface area contributed by atoms with Gasteiger partial charge in [0.25, 0.3) is 0 Å². The molecule has 4 rings (SSSR count). The normalized spacial score (nSPS) is 37.7. The topological polar surface area (TPSA) is 57.5 Å². The minimum atomic E-state index is 0.130. The van der Waals surface area contributed by atoms with Gasteiger partial charge < -0.3 is 10.2 Å². The fraction of sp³-hybridized carbons (Fsp3) is 0.682. The van der Waals surface area contributed by atoms with E-state index < -0.39 is 0 Å². The zero-order valence-corrected chi connectivity index (χ0v) is 15.4. The smallest absolute Gasteiger partial charge is 0.153 e. The molecule has 6 atom stereocenters. The average molecular weight is 342 g/mol. The van der Waals surface area contributed by atoms with Crippen molar-refractivity contribution in [2.45, 2.75) is 58.3 Å². The summed E-state index contributed by atoms with van der Waals surface area (Å²) in [5, 5.41) is 19.7. The van der Waals surface area contributed by atoms with Crippen LogP contribution in [0.3, 0.4) is 0 Å². The van der Waals surface area contributed by atoms with Gasteiger partial charge in [-0.25, -0.2) is 0 Å². The molecule has 25 heavy (non-hydrogen) atoms. The van der Waals surface area contributed by atoms with E-state index in [1.807, 2.05) is 12.1 Å². The zero-order chi connectivity index (χ0) is 17.8. The minimum absolute atomic E-state index is 0.130. The number of fused-ring (bicyclic) bond motifs is 5. The fourth-order valence-corrected chi connectivity index (χ4v) is 6.82. The molecule has 0 heterocycles. The molecule has 1 aromatic carbocycles. The summed E-state index contributed by atoms with van der Waals surface area (Å²) in [6.07, 6.45) is 7.89. The van der Waals surface area contributed by atoms with Crippen molar-refractivity contribution in [3.63, 3.8) is 0 Å². The van der Waals surface area contributed by atoms with Crippen molar-refractivity contribution in [2.24, 2.45) is 29.1 Å². The molecule has 0 aromatic heterocycles. The highest BCUT2D eigenvalue weighted by Gasteiger charge is 2.55. The molecule has 3 aliphatic rings. The van der Waals surface area contributed by atoms with Crippen molar-refractivity contribution >= 4 is 6.29 Å². The number of aromatic hydroxyl groups is 1. The first-order chi connectivity index (χ1) is 12.0. The molecule has 0 unspecified atom stereocenters. The standard InChI is InChI=1S/C22H30O3/c1-13(11-23)19-5-6-20-17-4-3-14-10-21(25)15(12-24)9-18(14)16(17)7-8-22(19,20)2/h9-10,12-13,16-17,19-20,23,25H,3-8,11H2,1-2H3/t13-,16+,17-,19-,20+,22-/m1/s1. The van der Waals surface area contributed by atoms with Crippen LogP contribution in [0.15, 0.2) is 12.1 Å². The third-order valence-electron chi connectivity index (χ3n) is 8.05. The van der Waals surface area contributed by atoms with E-state index in [1.54, 1.807) is 0 Å². The number of aldehydes is 1. The largest absolute Gasteiger partial charge is 0.507 e. The van der Waals surface area contributed by atoms with E-state index in [1.165, 1.54) is 43.2 Å². The van der Waals surface area contributed by atoms with Crippen LogP contribution < -0.4 is 0 Å². The Balaban J connectivity index is 1.67. The number of benzene rings is 1. The number of aryl methyl sites for hydroxylation is 1. The number of carbonyl (C=O) groups is 1. The number of rotatable bonds is 3. The van der Waals surface area contributed by atoms with Gasteiger partial charge in [-0.2, -0.15) is 0 Å². The highest BCUT2D eigenvalue weighted by molar-refractivity contribution is 5.80. The van der Waals surface area contributed by atoms with E-state index in [0.29, 0.717) is 41.3 Å². The molecule has 2 N–H and O–H groups in total. The van der Waals surface area contributed by atoms with E-state index in [-0.39, 0.29) is 5.75 Å². The number of hydrogen-bond donors (Lipinski definition) is 2. The Morgan fingerprint density at radius 2 is 2.08 bits per heavy atom. The maximum atomic E-state index is 11.3. The van der Waals surface area contributed by atoms with Gasteiger partial charge in [-0.05, 0) is 96.8 Å². The van der Waals surface area contributed by atoms with Gasteiger partial charge in [-0.15, -0.1) is 0 Å². The van der Waals surface area contributed by atoms with Crippen LogP contribution in [0.2, 0.25) is 0 Å². The van der Waals surface area contributed by atoms with E-state index in [4.69, 9.17) is 0 Å². The van der Waals surface area contributed by atoms with Gasteiger partial charge >= 0.3 is 0 Å². The summed E-state index contributed by atoms with van der Waals surface area (Å²) in [4.78, 5) is 11.3. The number of aliphatic hydroxyl groups excluding tert-OH is 1. The first-order valence-corrected chi connectivity index (χ1v) is 9.91. The minimum Gasteiger partial charge on any atom is -0.507 e. The monoisotopic (exact) mass is 342 g/mol. The Labute approximate surface area is 150 Å². The van der Waals surface area contributed by atoms with Crippen LogP contribution in [-0.2, 0) is 6.42 Å². The molecule has 0 aliphatic heterocycles. The van der Waals surface area contributed by atoms with Gasteiger partial charge in [0.2, 0.25) is 0 Å². The quantitative estimate of drug-likeness (QED) is 0.805. The first kappa shape index (κ1) is 17.1. The maximum Gasteiger partial charge on any atom is 0.153 e. The van der Waals surface area contributed by atoms with Gasteiger partial charge in [0.15, 0.2) is 6.29 Å². The molecular weight excluding hydrogens is 312 g/mol. The zero-order valence-electron chi connectivity index (χ0n) is 15.4. The Kier molecular flexibility index (Phi) is 4.18. The van der Waals surface area contributed by atoms with Crippen molar-refractivity contribution in [3.05, 3.63) is 28.8 Å². The SMILES string of the molecule is C[C@H](CO)[C@H]1CC[C@H]2[C@@H]3CCc4cc(O)c(C=O)cc4[C@H]3CC[C@]12C. The van der Waals surface area contributed by atoms with Gasteiger partial charge in [0, 0.05) is 6.61 Å². The molecule has 1 aromatic rings. The molecule has 0 radical (unpaired) electrons. The van der Waals surface area contributed by atoms with E-state index in [9.17, 15) is 15.0 Å². The summed E-state index contributed by atoms with van der Waals surface area (Å²) in [5.74, 6) is 3.10. The summed E-state index contributed by atoms with van der Waals surface area (Å²) >= 11 is 0.